The highest BCUT2D eigenvalue weighted by atomic mass is 35.5. The van der Waals surface area contributed by atoms with E-state index in [1.54, 1.807) is 0 Å². The van der Waals surface area contributed by atoms with Crippen LogP contribution in [0.1, 0.15) is 16.7 Å². The lowest BCUT2D eigenvalue weighted by Gasteiger charge is -2.07. The third kappa shape index (κ3) is 1.99. The lowest BCUT2D eigenvalue weighted by molar-refractivity contribution is 0.816. The van der Waals surface area contributed by atoms with Crippen LogP contribution in [0.3, 0.4) is 0 Å². The summed E-state index contributed by atoms with van der Waals surface area (Å²) in [6.45, 7) is 5.01. The van der Waals surface area contributed by atoms with Crippen molar-refractivity contribution < 1.29 is 0 Å². The molecular weight excluding hydrogens is 170 g/mol. The van der Waals surface area contributed by atoms with Gasteiger partial charge in [0.1, 0.15) is 0 Å². The van der Waals surface area contributed by atoms with Crippen molar-refractivity contribution in [3.63, 3.8) is 0 Å². The van der Waals surface area contributed by atoms with E-state index in [1.807, 2.05) is 13.1 Å². The number of aryl methyl sites for hydroxylation is 2. The number of halogens is 1. The lowest BCUT2D eigenvalue weighted by Crippen LogP contribution is -2.06. The molecule has 0 spiro atoms. The molecule has 0 aliphatic carbocycles. The van der Waals surface area contributed by atoms with Crippen molar-refractivity contribution in [2.45, 2.75) is 20.4 Å². The van der Waals surface area contributed by atoms with Crippen LogP contribution in [0.25, 0.3) is 0 Å². The van der Waals surface area contributed by atoms with Gasteiger partial charge < -0.3 is 5.32 Å². The van der Waals surface area contributed by atoms with Crippen LogP contribution in [0, 0.1) is 13.8 Å². The zero-order valence-corrected chi connectivity index (χ0v) is 8.50. The molecule has 12 heavy (non-hydrogen) atoms. The Kier molecular flexibility index (Phi) is 3.12. The average Bonchev–Trinajstić information content (AvgIpc) is 2.01. The largest absolute Gasteiger partial charge is 0.316 e. The molecule has 0 aliphatic heterocycles. The van der Waals surface area contributed by atoms with Gasteiger partial charge in [0.2, 0.25) is 0 Å². The molecule has 0 fully saturated rings. The van der Waals surface area contributed by atoms with Gasteiger partial charge in [0.05, 0.1) is 0 Å². The highest BCUT2D eigenvalue weighted by Crippen LogP contribution is 2.20. The molecule has 1 nitrogen and oxygen atoms in total. The first kappa shape index (κ1) is 9.56. The van der Waals surface area contributed by atoms with Crippen LogP contribution >= 0.6 is 11.6 Å². The molecule has 0 amide bonds. The molecule has 1 aromatic carbocycles. The molecule has 0 radical (unpaired) electrons. The van der Waals surface area contributed by atoms with E-state index in [2.05, 4.69) is 25.2 Å². The Morgan fingerprint density at radius 3 is 2.42 bits per heavy atom. The van der Waals surface area contributed by atoms with Crippen LogP contribution in [-0.2, 0) is 6.54 Å². The summed E-state index contributed by atoms with van der Waals surface area (Å²) in [6, 6.07) is 4.15. The fraction of sp³-hybridized carbons (Fsp3) is 0.400. The molecule has 0 saturated carbocycles. The molecule has 1 aromatic rings. The number of benzene rings is 1. The SMILES string of the molecule is CNCc1cc(C)c(C)cc1Cl. The summed E-state index contributed by atoms with van der Waals surface area (Å²) in [5.41, 5.74) is 3.71. The van der Waals surface area contributed by atoms with E-state index in [9.17, 15) is 0 Å². The Labute approximate surface area is 78.7 Å². The number of hydrogen-bond donors (Lipinski definition) is 1. The zero-order valence-electron chi connectivity index (χ0n) is 7.74. The third-order valence-electron chi connectivity index (χ3n) is 2.03. The van der Waals surface area contributed by atoms with Gasteiger partial charge in [-0.3, -0.25) is 0 Å². The van der Waals surface area contributed by atoms with Crippen molar-refractivity contribution >= 4 is 11.6 Å². The Balaban J connectivity index is 3.05. The van der Waals surface area contributed by atoms with Crippen molar-refractivity contribution in [2.24, 2.45) is 0 Å². The maximum absolute atomic E-state index is 6.04. The van der Waals surface area contributed by atoms with Crippen molar-refractivity contribution in [1.82, 2.24) is 5.32 Å². The molecule has 66 valence electrons. The van der Waals surface area contributed by atoms with Gasteiger partial charge in [0.15, 0.2) is 0 Å². The summed E-state index contributed by atoms with van der Waals surface area (Å²) >= 11 is 6.04. The van der Waals surface area contributed by atoms with Crippen LogP contribution in [0.2, 0.25) is 5.02 Å². The molecule has 0 aliphatic rings. The smallest absolute Gasteiger partial charge is 0.0453 e. The summed E-state index contributed by atoms with van der Waals surface area (Å²) < 4.78 is 0. The number of hydrogen-bond acceptors (Lipinski definition) is 1. The molecule has 0 aromatic heterocycles. The van der Waals surface area contributed by atoms with Gasteiger partial charge in [0, 0.05) is 11.6 Å². The second-order valence-corrected chi connectivity index (χ2v) is 3.47. The molecule has 0 unspecified atom stereocenters. The summed E-state index contributed by atoms with van der Waals surface area (Å²) in [7, 11) is 1.92. The molecule has 2 heteroatoms. The molecule has 0 atom stereocenters. The molecule has 1 N–H and O–H groups in total. The first-order valence-corrected chi connectivity index (χ1v) is 4.43. The minimum absolute atomic E-state index is 0.833. The summed E-state index contributed by atoms with van der Waals surface area (Å²) in [4.78, 5) is 0. The number of rotatable bonds is 2. The Hall–Kier alpha value is -0.530. The van der Waals surface area contributed by atoms with Gasteiger partial charge in [0.25, 0.3) is 0 Å². The Morgan fingerprint density at radius 2 is 1.83 bits per heavy atom. The van der Waals surface area contributed by atoms with Gasteiger partial charge in [-0.25, -0.2) is 0 Å². The zero-order chi connectivity index (χ0) is 9.14. The van der Waals surface area contributed by atoms with Crippen molar-refractivity contribution in [3.05, 3.63) is 33.8 Å². The predicted octanol–water partition coefficient (Wildman–Crippen LogP) is 2.68. The van der Waals surface area contributed by atoms with Crippen LogP contribution in [-0.4, -0.2) is 7.05 Å². The van der Waals surface area contributed by atoms with Crippen molar-refractivity contribution in [2.75, 3.05) is 7.05 Å². The van der Waals surface area contributed by atoms with E-state index >= 15 is 0 Å². The molecule has 0 saturated heterocycles. The summed E-state index contributed by atoms with van der Waals surface area (Å²) in [5.74, 6) is 0. The molecule has 1 rings (SSSR count). The van der Waals surface area contributed by atoms with E-state index in [1.165, 1.54) is 16.7 Å². The third-order valence-corrected chi connectivity index (χ3v) is 2.38. The van der Waals surface area contributed by atoms with Gasteiger partial charge >= 0.3 is 0 Å². The van der Waals surface area contributed by atoms with Gasteiger partial charge in [-0.05, 0) is 43.7 Å². The van der Waals surface area contributed by atoms with Crippen LogP contribution < -0.4 is 5.32 Å². The average molecular weight is 184 g/mol. The molecule has 0 bridgehead atoms. The fourth-order valence-corrected chi connectivity index (χ4v) is 1.45. The summed E-state index contributed by atoms with van der Waals surface area (Å²) in [6.07, 6.45) is 0. The van der Waals surface area contributed by atoms with E-state index < -0.39 is 0 Å². The maximum Gasteiger partial charge on any atom is 0.0453 e. The highest BCUT2D eigenvalue weighted by molar-refractivity contribution is 6.31. The van der Waals surface area contributed by atoms with Gasteiger partial charge in [-0.2, -0.15) is 0 Å². The van der Waals surface area contributed by atoms with Crippen LogP contribution in [0.15, 0.2) is 12.1 Å². The van der Waals surface area contributed by atoms with Crippen LogP contribution in [0.4, 0.5) is 0 Å². The van der Waals surface area contributed by atoms with Crippen molar-refractivity contribution in [1.29, 1.82) is 0 Å². The normalized spacial score (nSPS) is 10.3. The van der Waals surface area contributed by atoms with Gasteiger partial charge in [-0.15, -0.1) is 0 Å². The Bertz CT molecular complexity index is 281. The lowest BCUT2D eigenvalue weighted by atomic mass is 10.1. The van der Waals surface area contributed by atoms with Gasteiger partial charge in [-0.1, -0.05) is 17.7 Å². The maximum atomic E-state index is 6.04. The van der Waals surface area contributed by atoms with E-state index in [0.29, 0.717) is 0 Å². The Morgan fingerprint density at radius 1 is 1.25 bits per heavy atom. The standard InChI is InChI=1S/C10H14ClN/c1-7-4-9(6-12-3)10(11)5-8(7)2/h4-5,12H,6H2,1-3H3. The van der Waals surface area contributed by atoms with Crippen LogP contribution in [0.5, 0.6) is 0 Å². The second-order valence-electron chi connectivity index (χ2n) is 3.06. The van der Waals surface area contributed by atoms with E-state index in [4.69, 9.17) is 11.6 Å². The monoisotopic (exact) mass is 183 g/mol. The quantitative estimate of drug-likeness (QED) is 0.744. The second kappa shape index (κ2) is 3.92. The number of nitrogens with one attached hydrogen (secondary N) is 1. The fourth-order valence-electron chi connectivity index (χ4n) is 1.17. The minimum atomic E-state index is 0.833. The summed E-state index contributed by atoms with van der Waals surface area (Å²) in [5, 5.41) is 3.94. The first-order chi connectivity index (χ1) is 5.65. The molecule has 0 heterocycles. The first-order valence-electron chi connectivity index (χ1n) is 4.05. The minimum Gasteiger partial charge on any atom is -0.316 e. The topological polar surface area (TPSA) is 12.0 Å². The highest BCUT2D eigenvalue weighted by Gasteiger charge is 2.01. The molecular formula is C10H14ClN. The van der Waals surface area contributed by atoms with E-state index in [0.717, 1.165) is 11.6 Å². The van der Waals surface area contributed by atoms with E-state index in [-0.39, 0.29) is 0 Å². The van der Waals surface area contributed by atoms with Crippen molar-refractivity contribution in [3.8, 4) is 0 Å². The predicted molar refractivity (Wildman–Crippen MR) is 53.7 cm³/mol.